The lowest BCUT2D eigenvalue weighted by Crippen LogP contribution is -1.94. The smallest absolute Gasteiger partial charge is 0.258 e. The zero-order valence-electron chi connectivity index (χ0n) is 13.5. The minimum Gasteiger partial charge on any atom is -0.334 e. The number of rotatable bonds is 4. The molecule has 2 aromatic heterocycles. The van der Waals surface area contributed by atoms with E-state index in [1.165, 1.54) is 6.42 Å². The van der Waals surface area contributed by atoms with E-state index in [9.17, 15) is 0 Å². The summed E-state index contributed by atoms with van der Waals surface area (Å²) in [6.45, 7) is 0. The summed E-state index contributed by atoms with van der Waals surface area (Å²) in [5, 5.41) is 4.12. The summed E-state index contributed by atoms with van der Waals surface area (Å²) < 4.78 is 7.47. The average Bonchev–Trinajstić information content (AvgIpc) is 3.06. The van der Waals surface area contributed by atoms with Gasteiger partial charge in [0, 0.05) is 40.7 Å². The van der Waals surface area contributed by atoms with Crippen molar-refractivity contribution in [2.24, 2.45) is 16.8 Å². The van der Waals surface area contributed by atoms with E-state index in [0.29, 0.717) is 23.6 Å². The Morgan fingerprint density at radius 1 is 1.24 bits per heavy atom. The average molecular weight is 349 g/mol. The van der Waals surface area contributed by atoms with E-state index < -0.39 is 0 Å². The maximum atomic E-state index is 5.51. The minimum atomic E-state index is 0.501. The predicted molar refractivity (Wildman–Crippen MR) is 96.7 cm³/mol. The van der Waals surface area contributed by atoms with Crippen LogP contribution in [0.3, 0.4) is 0 Å². The van der Waals surface area contributed by atoms with E-state index in [-0.39, 0.29) is 0 Å². The SMILES string of the molecule is CSc1cc(-c2nc(C3=CC4CC4C=N3)no2)cc(-n2ccnc2)c1. The van der Waals surface area contributed by atoms with Crippen LogP contribution in [0, 0.1) is 11.8 Å². The molecule has 2 aliphatic rings. The summed E-state index contributed by atoms with van der Waals surface area (Å²) in [7, 11) is 0. The van der Waals surface area contributed by atoms with Gasteiger partial charge in [-0.15, -0.1) is 11.8 Å². The molecule has 2 unspecified atom stereocenters. The fraction of sp³-hybridized carbons (Fsp3) is 0.222. The van der Waals surface area contributed by atoms with Crippen LogP contribution in [0.2, 0.25) is 0 Å². The number of benzene rings is 1. The second-order valence-corrected chi connectivity index (χ2v) is 7.09. The van der Waals surface area contributed by atoms with Gasteiger partial charge in [-0.2, -0.15) is 4.98 Å². The standard InChI is InChI=1S/C18H15N5OS/c1-25-15-6-12(5-14(8-15)23-3-2-19-10-23)18-21-17(22-24-18)16-7-11-4-13(11)9-20-16/h2-3,5-11,13H,4H2,1H3. The van der Waals surface area contributed by atoms with Crippen molar-refractivity contribution in [1.29, 1.82) is 0 Å². The molecule has 0 radical (unpaired) electrons. The van der Waals surface area contributed by atoms with Crippen molar-refractivity contribution < 1.29 is 4.52 Å². The summed E-state index contributed by atoms with van der Waals surface area (Å²) in [5.74, 6) is 2.27. The third-order valence-corrected chi connectivity index (χ3v) is 5.21. The number of hydrogen-bond donors (Lipinski definition) is 0. The number of nitrogens with zero attached hydrogens (tertiary/aromatic N) is 5. The van der Waals surface area contributed by atoms with Gasteiger partial charge in [-0.25, -0.2) is 4.98 Å². The normalized spacial score (nSPS) is 21.1. The molecule has 1 saturated carbocycles. The minimum absolute atomic E-state index is 0.501. The maximum Gasteiger partial charge on any atom is 0.258 e. The first-order valence-electron chi connectivity index (χ1n) is 8.08. The highest BCUT2D eigenvalue weighted by atomic mass is 32.2. The molecule has 5 rings (SSSR count). The first-order chi connectivity index (χ1) is 12.3. The molecule has 25 heavy (non-hydrogen) atoms. The third-order valence-electron chi connectivity index (χ3n) is 4.50. The van der Waals surface area contributed by atoms with E-state index in [0.717, 1.165) is 21.8 Å². The molecule has 1 aromatic carbocycles. The number of aromatic nitrogens is 4. The molecule has 6 nitrogen and oxygen atoms in total. The number of aliphatic imine (C=N–C) groups is 1. The van der Waals surface area contributed by atoms with Crippen LogP contribution in [0.1, 0.15) is 12.2 Å². The monoisotopic (exact) mass is 349 g/mol. The number of hydrogen-bond acceptors (Lipinski definition) is 6. The molecule has 0 bridgehead atoms. The molecule has 124 valence electrons. The quantitative estimate of drug-likeness (QED) is 0.672. The topological polar surface area (TPSA) is 69.1 Å². The largest absolute Gasteiger partial charge is 0.334 e. The highest BCUT2D eigenvalue weighted by Gasteiger charge is 2.37. The molecule has 1 fully saturated rings. The molecule has 3 aromatic rings. The zero-order valence-corrected chi connectivity index (χ0v) is 14.3. The van der Waals surface area contributed by atoms with Gasteiger partial charge >= 0.3 is 0 Å². The molecule has 7 heteroatoms. The molecule has 1 aliphatic heterocycles. The lowest BCUT2D eigenvalue weighted by atomic mass is 10.2. The van der Waals surface area contributed by atoms with Gasteiger partial charge in [0.2, 0.25) is 5.82 Å². The Bertz CT molecular complexity index is 989. The molecule has 0 N–H and O–H groups in total. The molecule has 0 saturated heterocycles. The highest BCUT2D eigenvalue weighted by molar-refractivity contribution is 7.98. The Morgan fingerprint density at radius 2 is 2.20 bits per heavy atom. The second-order valence-electron chi connectivity index (χ2n) is 6.21. The summed E-state index contributed by atoms with van der Waals surface area (Å²) >= 11 is 1.67. The van der Waals surface area contributed by atoms with E-state index >= 15 is 0 Å². The second kappa shape index (κ2) is 5.70. The third kappa shape index (κ3) is 2.70. The highest BCUT2D eigenvalue weighted by Crippen LogP contribution is 2.43. The number of fused-ring (bicyclic) bond motifs is 1. The molecular weight excluding hydrogens is 334 g/mol. The van der Waals surface area contributed by atoms with Crippen molar-refractivity contribution in [3.8, 4) is 17.1 Å². The lowest BCUT2D eigenvalue weighted by molar-refractivity contribution is 0.428. The van der Waals surface area contributed by atoms with Crippen LogP contribution >= 0.6 is 11.8 Å². The zero-order chi connectivity index (χ0) is 16.8. The van der Waals surface area contributed by atoms with Gasteiger partial charge in [-0.3, -0.25) is 4.99 Å². The predicted octanol–water partition coefficient (Wildman–Crippen LogP) is 3.71. The molecule has 1 aliphatic carbocycles. The number of allylic oxidation sites excluding steroid dienone is 1. The van der Waals surface area contributed by atoms with Crippen molar-refractivity contribution in [1.82, 2.24) is 19.7 Å². The van der Waals surface area contributed by atoms with Crippen LogP contribution in [0.15, 0.2) is 57.4 Å². The molecular formula is C18H15N5OS. The Labute approximate surface area is 148 Å². The Balaban J connectivity index is 1.53. The Hall–Kier alpha value is -2.67. The van der Waals surface area contributed by atoms with Crippen molar-refractivity contribution in [3.05, 3.63) is 48.8 Å². The van der Waals surface area contributed by atoms with Gasteiger partial charge in [0.15, 0.2) is 0 Å². The summed E-state index contributed by atoms with van der Waals surface area (Å²) in [5.41, 5.74) is 2.71. The first kappa shape index (κ1) is 14.7. The summed E-state index contributed by atoms with van der Waals surface area (Å²) in [6, 6.07) is 6.18. The van der Waals surface area contributed by atoms with Crippen LogP contribution in [-0.2, 0) is 0 Å². The fourth-order valence-corrected chi connectivity index (χ4v) is 3.47. The Kier molecular flexibility index (Phi) is 3.34. The lowest BCUT2D eigenvalue weighted by Gasteiger charge is -2.06. The van der Waals surface area contributed by atoms with Crippen molar-refractivity contribution >= 4 is 23.7 Å². The van der Waals surface area contributed by atoms with E-state index in [1.807, 2.05) is 29.3 Å². The van der Waals surface area contributed by atoms with Gasteiger partial charge in [0.25, 0.3) is 5.89 Å². The van der Waals surface area contributed by atoms with Gasteiger partial charge in [-0.1, -0.05) is 11.2 Å². The molecule has 3 heterocycles. The van der Waals surface area contributed by atoms with Crippen molar-refractivity contribution in [2.75, 3.05) is 6.26 Å². The van der Waals surface area contributed by atoms with Gasteiger partial charge in [0.05, 0.1) is 6.33 Å². The number of thioether (sulfide) groups is 1. The first-order valence-corrected chi connectivity index (χ1v) is 9.30. The maximum absolute atomic E-state index is 5.51. The molecule has 0 spiro atoms. The van der Waals surface area contributed by atoms with Gasteiger partial charge < -0.3 is 9.09 Å². The molecule has 0 amide bonds. The van der Waals surface area contributed by atoms with E-state index in [2.05, 4.69) is 38.3 Å². The van der Waals surface area contributed by atoms with Crippen LogP contribution in [0.5, 0.6) is 0 Å². The van der Waals surface area contributed by atoms with Crippen LogP contribution in [0.4, 0.5) is 0 Å². The number of imidazole rings is 1. The van der Waals surface area contributed by atoms with E-state index in [1.54, 1.807) is 24.3 Å². The summed E-state index contributed by atoms with van der Waals surface area (Å²) in [4.78, 5) is 14.3. The van der Waals surface area contributed by atoms with Crippen molar-refractivity contribution in [3.63, 3.8) is 0 Å². The van der Waals surface area contributed by atoms with E-state index in [4.69, 9.17) is 4.52 Å². The van der Waals surface area contributed by atoms with Gasteiger partial charge in [-0.05, 0) is 36.8 Å². The molecule has 2 atom stereocenters. The Morgan fingerprint density at radius 3 is 3.00 bits per heavy atom. The van der Waals surface area contributed by atoms with Crippen LogP contribution < -0.4 is 0 Å². The van der Waals surface area contributed by atoms with Crippen LogP contribution in [0.25, 0.3) is 22.8 Å². The fourth-order valence-electron chi connectivity index (χ4n) is 2.98. The van der Waals surface area contributed by atoms with Crippen molar-refractivity contribution in [2.45, 2.75) is 11.3 Å². The van der Waals surface area contributed by atoms with Crippen LogP contribution in [-0.4, -0.2) is 32.2 Å². The summed E-state index contributed by atoms with van der Waals surface area (Å²) in [6.07, 6.45) is 12.8. The van der Waals surface area contributed by atoms with Gasteiger partial charge in [0.1, 0.15) is 5.70 Å².